The van der Waals surface area contributed by atoms with E-state index in [0.29, 0.717) is 22.4 Å². The lowest BCUT2D eigenvalue weighted by molar-refractivity contribution is -0.129. The SMILES string of the molecule is NC1CC[C@@H]2CN(C(=O)Cc3c(F)cccc3Cl)C[C@@H]2C1. The summed E-state index contributed by atoms with van der Waals surface area (Å²) in [7, 11) is 0. The molecule has 0 spiro atoms. The average Bonchev–Trinajstić information content (AvgIpc) is 2.86. The first kappa shape index (κ1) is 14.8. The maximum Gasteiger partial charge on any atom is 0.227 e. The van der Waals surface area contributed by atoms with Crippen LogP contribution in [0.15, 0.2) is 18.2 Å². The molecule has 21 heavy (non-hydrogen) atoms. The van der Waals surface area contributed by atoms with Crippen molar-refractivity contribution in [3.8, 4) is 0 Å². The number of fused-ring (bicyclic) bond motifs is 1. The highest BCUT2D eigenvalue weighted by Gasteiger charge is 2.38. The number of nitrogens with zero attached hydrogens (tertiary/aromatic N) is 1. The van der Waals surface area contributed by atoms with Crippen molar-refractivity contribution in [2.45, 2.75) is 31.7 Å². The molecule has 2 N–H and O–H groups in total. The summed E-state index contributed by atoms with van der Waals surface area (Å²) in [5.74, 6) is 0.623. The first-order valence-corrected chi connectivity index (χ1v) is 7.88. The number of likely N-dealkylation sites (tertiary alicyclic amines) is 1. The molecule has 1 heterocycles. The highest BCUT2D eigenvalue weighted by molar-refractivity contribution is 6.31. The third-order valence-electron chi connectivity index (χ3n) is 4.83. The van der Waals surface area contributed by atoms with Gasteiger partial charge in [-0.1, -0.05) is 17.7 Å². The van der Waals surface area contributed by atoms with E-state index in [9.17, 15) is 9.18 Å². The molecule has 1 amide bonds. The van der Waals surface area contributed by atoms with Crippen LogP contribution in [0.25, 0.3) is 0 Å². The summed E-state index contributed by atoms with van der Waals surface area (Å²) >= 11 is 5.99. The van der Waals surface area contributed by atoms with Gasteiger partial charge in [0, 0.05) is 29.7 Å². The van der Waals surface area contributed by atoms with Crippen LogP contribution >= 0.6 is 11.6 Å². The molecule has 1 aromatic rings. The van der Waals surface area contributed by atoms with Crippen molar-refractivity contribution in [1.82, 2.24) is 4.90 Å². The fourth-order valence-corrected chi connectivity index (χ4v) is 3.87. The van der Waals surface area contributed by atoms with Crippen LogP contribution in [0.3, 0.4) is 0 Å². The number of carbonyl (C=O) groups excluding carboxylic acids is 1. The van der Waals surface area contributed by atoms with Crippen molar-refractivity contribution < 1.29 is 9.18 Å². The van der Waals surface area contributed by atoms with Gasteiger partial charge < -0.3 is 10.6 Å². The molecule has 2 fully saturated rings. The Labute approximate surface area is 129 Å². The lowest BCUT2D eigenvalue weighted by Crippen LogP contribution is -2.32. The van der Waals surface area contributed by atoms with Crippen molar-refractivity contribution >= 4 is 17.5 Å². The number of carbonyl (C=O) groups is 1. The number of nitrogens with two attached hydrogens (primary N) is 1. The van der Waals surface area contributed by atoms with Gasteiger partial charge in [0.15, 0.2) is 0 Å². The van der Waals surface area contributed by atoms with E-state index in [0.717, 1.165) is 32.4 Å². The Bertz CT molecular complexity index is 531. The number of hydrogen-bond acceptors (Lipinski definition) is 2. The number of hydrogen-bond donors (Lipinski definition) is 1. The lowest BCUT2D eigenvalue weighted by atomic mass is 9.79. The second-order valence-electron chi connectivity index (χ2n) is 6.27. The van der Waals surface area contributed by atoms with E-state index in [1.165, 1.54) is 6.07 Å². The zero-order valence-electron chi connectivity index (χ0n) is 11.9. The normalized spacial score (nSPS) is 28.5. The molecule has 1 aliphatic carbocycles. The Hall–Kier alpha value is -1.13. The van der Waals surface area contributed by atoms with E-state index in [1.807, 2.05) is 4.90 Å². The minimum Gasteiger partial charge on any atom is -0.342 e. The standard InChI is InChI=1S/C16H20ClFN2O/c17-14-2-1-3-15(18)13(14)7-16(21)20-8-10-4-5-12(19)6-11(10)9-20/h1-3,10-12H,4-9,19H2/t10-,11+,12?/m1/s1. The molecule has 0 bridgehead atoms. The second-order valence-corrected chi connectivity index (χ2v) is 6.68. The third-order valence-corrected chi connectivity index (χ3v) is 5.19. The zero-order valence-corrected chi connectivity index (χ0v) is 12.7. The topological polar surface area (TPSA) is 46.3 Å². The summed E-state index contributed by atoms with van der Waals surface area (Å²) in [6.07, 6.45) is 3.17. The molecule has 3 rings (SSSR count). The van der Waals surface area contributed by atoms with Crippen LogP contribution in [0, 0.1) is 17.7 Å². The Morgan fingerprint density at radius 1 is 1.33 bits per heavy atom. The van der Waals surface area contributed by atoms with Crippen molar-refractivity contribution in [3.63, 3.8) is 0 Å². The largest absolute Gasteiger partial charge is 0.342 e. The molecule has 3 atom stereocenters. The van der Waals surface area contributed by atoms with Crippen LogP contribution in [0.2, 0.25) is 5.02 Å². The first-order valence-electron chi connectivity index (χ1n) is 7.51. The van der Waals surface area contributed by atoms with E-state index in [4.69, 9.17) is 17.3 Å². The molecule has 3 nitrogen and oxygen atoms in total. The van der Waals surface area contributed by atoms with Crippen molar-refractivity contribution in [2.24, 2.45) is 17.6 Å². The molecule has 114 valence electrons. The van der Waals surface area contributed by atoms with Gasteiger partial charge in [-0.3, -0.25) is 4.79 Å². The zero-order chi connectivity index (χ0) is 15.0. The second kappa shape index (κ2) is 5.93. The van der Waals surface area contributed by atoms with E-state index in [1.54, 1.807) is 12.1 Å². The molecule has 2 aliphatic rings. The monoisotopic (exact) mass is 310 g/mol. The van der Waals surface area contributed by atoms with Crippen LogP contribution < -0.4 is 5.73 Å². The first-order chi connectivity index (χ1) is 10.0. The van der Waals surface area contributed by atoms with E-state index < -0.39 is 5.82 Å². The maximum absolute atomic E-state index is 13.8. The maximum atomic E-state index is 13.8. The fraction of sp³-hybridized carbons (Fsp3) is 0.562. The number of benzene rings is 1. The summed E-state index contributed by atoms with van der Waals surface area (Å²) < 4.78 is 13.8. The van der Waals surface area contributed by atoms with Crippen LogP contribution in [-0.4, -0.2) is 29.9 Å². The summed E-state index contributed by atoms with van der Waals surface area (Å²) in [5, 5.41) is 0.321. The van der Waals surface area contributed by atoms with Crippen molar-refractivity contribution in [3.05, 3.63) is 34.6 Å². The molecule has 1 saturated carbocycles. The van der Waals surface area contributed by atoms with E-state index in [-0.39, 0.29) is 18.4 Å². The third kappa shape index (κ3) is 3.06. The van der Waals surface area contributed by atoms with Gasteiger partial charge in [-0.05, 0) is 43.2 Å². The van der Waals surface area contributed by atoms with Gasteiger partial charge in [0.2, 0.25) is 5.91 Å². The summed E-state index contributed by atoms with van der Waals surface area (Å²) in [6, 6.07) is 4.78. The molecule has 1 aromatic carbocycles. The number of amides is 1. The smallest absolute Gasteiger partial charge is 0.227 e. The van der Waals surface area contributed by atoms with E-state index >= 15 is 0 Å². The van der Waals surface area contributed by atoms with Crippen molar-refractivity contribution in [2.75, 3.05) is 13.1 Å². The van der Waals surface area contributed by atoms with Crippen LogP contribution in [0.4, 0.5) is 4.39 Å². The van der Waals surface area contributed by atoms with Crippen molar-refractivity contribution in [1.29, 1.82) is 0 Å². The highest BCUT2D eigenvalue weighted by Crippen LogP contribution is 2.36. The number of rotatable bonds is 2. The van der Waals surface area contributed by atoms with Gasteiger partial charge in [-0.25, -0.2) is 4.39 Å². The average molecular weight is 311 g/mol. The predicted octanol–water partition coefficient (Wildman–Crippen LogP) is 2.61. The van der Waals surface area contributed by atoms with E-state index in [2.05, 4.69) is 0 Å². The van der Waals surface area contributed by atoms with Gasteiger partial charge >= 0.3 is 0 Å². The fourth-order valence-electron chi connectivity index (χ4n) is 3.64. The molecule has 0 radical (unpaired) electrons. The van der Waals surface area contributed by atoms with Gasteiger partial charge in [-0.15, -0.1) is 0 Å². The summed E-state index contributed by atoms with van der Waals surface area (Å²) in [5.41, 5.74) is 6.31. The van der Waals surface area contributed by atoms with Gasteiger partial charge in [0.1, 0.15) is 5.82 Å². The molecule has 0 aromatic heterocycles. The minimum absolute atomic E-state index is 0.0371. The van der Waals surface area contributed by atoms with Crippen LogP contribution in [-0.2, 0) is 11.2 Å². The highest BCUT2D eigenvalue weighted by atomic mass is 35.5. The summed E-state index contributed by atoms with van der Waals surface area (Å²) in [4.78, 5) is 14.3. The van der Waals surface area contributed by atoms with Crippen LogP contribution in [0.1, 0.15) is 24.8 Å². The van der Waals surface area contributed by atoms with Gasteiger partial charge in [0.25, 0.3) is 0 Å². The molecule has 1 unspecified atom stereocenters. The Balaban J connectivity index is 1.67. The molecule has 1 saturated heterocycles. The Morgan fingerprint density at radius 2 is 2.10 bits per heavy atom. The van der Waals surface area contributed by atoms with Crippen LogP contribution in [0.5, 0.6) is 0 Å². The quantitative estimate of drug-likeness (QED) is 0.912. The molecular weight excluding hydrogens is 291 g/mol. The minimum atomic E-state index is -0.408. The summed E-state index contributed by atoms with van der Waals surface area (Å²) in [6.45, 7) is 1.53. The molecule has 1 aliphatic heterocycles. The van der Waals surface area contributed by atoms with Gasteiger partial charge in [-0.2, -0.15) is 0 Å². The predicted molar refractivity (Wildman–Crippen MR) is 80.5 cm³/mol. The number of halogens is 2. The Morgan fingerprint density at radius 3 is 2.86 bits per heavy atom. The molecule has 5 heteroatoms. The van der Waals surface area contributed by atoms with Gasteiger partial charge in [0.05, 0.1) is 6.42 Å². The molecular formula is C16H20ClFN2O. The lowest BCUT2D eigenvalue weighted by Gasteiger charge is -2.27. The Kier molecular flexibility index (Phi) is 4.18.